The first-order valence-electron chi connectivity index (χ1n) is 13.2. The van der Waals surface area contributed by atoms with Crippen molar-refractivity contribution in [3.63, 3.8) is 0 Å². The molecule has 2 aromatic rings. The summed E-state index contributed by atoms with van der Waals surface area (Å²) in [4.78, 5) is 24.6. The minimum atomic E-state index is -1.39. The van der Waals surface area contributed by atoms with E-state index in [4.69, 9.17) is 4.74 Å². The van der Waals surface area contributed by atoms with E-state index in [-0.39, 0.29) is 17.2 Å². The molecular weight excluding hydrogens is 445 g/mol. The van der Waals surface area contributed by atoms with Gasteiger partial charge in [-0.25, -0.2) is 9.18 Å². The quantitative estimate of drug-likeness (QED) is 0.521. The molecule has 0 bridgehead atoms. The van der Waals surface area contributed by atoms with E-state index >= 15 is 4.39 Å². The van der Waals surface area contributed by atoms with Crippen molar-refractivity contribution < 1.29 is 19.0 Å². The number of carbonyl (C=O) groups is 1. The number of carboxylic acid groups (broad SMARTS) is 1. The lowest BCUT2D eigenvalue weighted by atomic mass is 9.75. The Hall–Kier alpha value is -2.63. The summed E-state index contributed by atoms with van der Waals surface area (Å²) in [7, 11) is 0. The normalized spacial score (nSPS) is 20.6. The molecular formula is C29H36FNO4. The SMILES string of the molecule is CC(C)(C)[C@@H]1Cc2c(cc(C3CCCCCCCC3)c3c2CCO3)-c2c(F)c(=O)c(C(=O)O)cn21. The fourth-order valence-corrected chi connectivity index (χ4v) is 6.44. The molecule has 6 heteroatoms. The van der Waals surface area contributed by atoms with Crippen LogP contribution >= 0.6 is 0 Å². The predicted octanol–water partition coefficient (Wildman–Crippen LogP) is 6.65. The van der Waals surface area contributed by atoms with E-state index in [0.717, 1.165) is 47.3 Å². The van der Waals surface area contributed by atoms with Crippen molar-refractivity contribution in [2.75, 3.05) is 6.61 Å². The highest BCUT2D eigenvalue weighted by Crippen LogP contribution is 2.50. The van der Waals surface area contributed by atoms with Crippen LogP contribution in [0.3, 0.4) is 0 Å². The van der Waals surface area contributed by atoms with Crippen LogP contribution in [0, 0.1) is 11.2 Å². The van der Waals surface area contributed by atoms with Crippen molar-refractivity contribution in [3.8, 4) is 17.0 Å². The summed E-state index contributed by atoms with van der Waals surface area (Å²) >= 11 is 0. The summed E-state index contributed by atoms with van der Waals surface area (Å²) in [5.41, 5.74) is 2.53. The first kappa shape index (κ1) is 24.1. The van der Waals surface area contributed by atoms with Gasteiger partial charge in [0.05, 0.1) is 12.3 Å². The van der Waals surface area contributed by atoms with E-state index < -0.39 is 22.8 Å². The maximum absolute atomic E-state index is 15.8. The molecule has 3 heterocycles. The van der Waals surface area contributed by atoms with Crippen LogP contribution in [-0.4, -0.2) is 22.2 Å². The van der Waals surface area contributed by atoms with E-state index in [0.29, 0.717) is 18.9 Å². The van der Waals surface area contributed by atoms with Crippen molar-refractivity contribution in [2.45, 2.75) is 96.9 Å². The monoisotopic (exact) mass is 481 g/mol. The van der Waals surface area contributed by atoms with Crippen LogP contribution in [0.5, 0.6) is 5.75 Å². The van der Waals surface area contributed by atoms with Crippen LogP contribution in [0.25, 0.3) is 11.3 Å². The second kappa shape index (κ2) is 9.11. The number of aromatic nitrogens is 1. The van der Waals surface area contributed by atoms with E-state index in [1.807, 2.05) is 0 Å². The number of halogens is 1. The Morgan fingerprint density at radius 3 is 2.37 bits per heavy atom. The van der Waals surface area contributed by atoms with Crippen molar-refractivity contribution in [3.05, 3.63) is 50.6 Å². The molecule has 1 atom stereocenters. The minimum absolute atomic E-state index is 0.182. The molecule has 1 aliphatic carbocycles. The molecule has 5 nitrogen and oxygen atoms in total. The van der Waals surface area contributed by atoms with Crippen LogP contribution < -0.4 is 10.2 Å². The molecule has 0 amide bonds. The summed E-state index contributed by atoms with van der Waals surface area (Å²) in [5, 5.41) is 9.59. The Labute approximate surface area is 206 Å². The third-order valence-corrected chi connectivity index (χ3v) is 8.32. The van der Waals surface area contributed by atoms with Crippen LogP contribution in [0.15, 0.2) is 17.1 Å². The van der Waals surface area contributed by atoms with Crippen molar-refractivity contribution in [1.29, 1.82) is 0 Å². The zero-order valence-electron chi connectivity index (χ0n) is 21.1. The molecule has 3 aliphatic rings. The molecule has 0 saturated heterocycles. The van der Waals surface area contributed by atoms with E-state index in [1.54, 1.807) is 4.57 Å². The molecule has 0 unspecified atom stereocenters. The highest BCUT2D eigenvalue weighted by atomic mass is 19.1. The first-order valence-corrected chi connectivity index (χ1v) is 13.2. The summed E-state index contributed by atoms with van der Waals surface area (Å²) in [6, 6.07) is 1.90. The van der Waals surface area contributed by atoms with Crippen LogP contribution in [-0.2, 0) is 12.8 Å². The number of ether oxygens (including phenoxy) is 1. The molecule has 2 aliphatic heterocycles. The minimum Gasteiger partial charge on any atom is -0.493 e. The Kier molecular flexibility index (Phi) is 6.27. The number of nitrogens with zero attached hydrogens (tertiary/aromatic N) is 1. The number of carboxylic acids is 1. The van der Waals surface area contributed by atoms with Crippen molar-refractivity contribution in [2.24, 2.45) is 5.41 Å². The summed E-state index contributed by atoms with van der Waals surface area (Å²) in [6.07, 6.45) is 12.4. The molecule has 0 radical (unpaired) electrons. The number of benzene rings is 1. The van der Waals surface area contributed by atoms with Crippen LogP contribution in [0.1, 0.15) is 111 Å². The standard InChI is InChI=1S/C29H36FNO4/c1-29(2,3)23-15-20-18-12-13-35-27(18)19(17-10-8-6-4-5-7-9-11-17)14-21(20)25-24(30)26(32)22(28(33)34)16-31(23)25/h14,16-17,23H,4-13,15H2,1-3H3,(H,33,34)/t23-/m0/s1. The van der Waals surface area contributed by atoms with Gasteiger partial charge in [-0.05, 0) is 47.8 Å². The Bertz CT molecular complexity index is 1210. The van der Waals surface area contributed by atoms with Gasteiger partial charge < -0.3 is 14.4 Å². The third kappa shape index (κ3) is 4.19. The second-order valence-corrected chi connectivity index (χ2v) is 11.6. The molecule has 188 valence electrons. The average molecular weight is 482 g/mol. The molecule has 1 fully saturated rings. The Balaban J connectivity index is 1.75. The van der Waals surface area contributed by atoms with Gasteiger partial charge >= 0.3 is 5.97 Å². The fraction of sp³-hybridized carbons (Fsp3) is 0.586. The number of fused-ring (bicyclic) bond motifs is 5. The lowest BCUT2D eigenvalue weighted by Crippen LogP contribution is -2.35. The number of pyridine rings is 1. The predicted molar refractivity (Wildman–Crippen MR) is 134 cm³/mol. The largest absolute Gasteiger partial charge is 0.493 e. The first-order chi connectivity index (χ1) is 16.7. The number of aromatic carboxylic acids is 1. The van der Waals surface area contributed by atoms with Gasteiger partial charge in [0.25, 0.3) is 0 Å². The molecule has 0 spiro atoms. The van der Waals surface area contributed by atoms with Crippen LogP contribution in [0.4, 0.5) is 4.39 Å². The average Bonchev–Trinajstić information content (AvgIpc) is 3.33. The van der Waals surface area contributed by atoms with Gasteiger partial charge in [0, 0.05) is 29.8 Å². The summed E-state index contributed by atoms with van der Waals surface area (Å²) in [6.45, 7) is 6.85. The zero-order valence-corrected chi connectivity index (χ0v) is 21.1. The summed E-state index contributed by atoms with van der Waals surface area (Å²) < 4.78 is 23.8. The van der Waals surface area contributed by atoms with Crippen molar-refractivity contribution >= 4 is 5.97 Å². The maximum Gasteiger partial charge on any atom is 0.341 e. The number of hydrogen-bond donors (Lipinski definition) is 1. The lowest BCUT2D eigenvalue weighted by Gasteiger charge is -2.40. The van der Waals surface area contributed by atoms with E-state index in [9.17, 15) is 14.7 Å². The molecule has 1 aromatic heterocycles. The lowest BCUT2D eigenvalue weighted by molar-refractivity contribution is 0.0692. The van der Waals surface area contributed by atoms with Gasteiger partial charge in [-0.15, -0.1) is 0 Å². The topological polar surface area (TPSA) is 68.5 Å². The van der Waals surface area contributed by atoms with Gasteiger partial charge in [-0.3, -0.25) is 4.79 Å². The maximum atomic E-state index is 15.8. The Morgan fingerprint density at radius 2 is 1.74 bits per heavy atom. The van der Waals surface area contributed by atoms with E-state index in [2.05, 4.69) is 26.8 Å². The highest BCUT2D eigenvalue weighted by Gasteiger charge is 2.39. The third-order valence-electron chi connectivity index (χ3n) is 8.32. The molecule has 5 rings (SSSR count). The Morgan fingerprint density at radius 1 is 1.09 bits per heavy atom. The van der Waals surface area contributed by atoms with Gasteiger partial charge in [0.15, 0.2) is 5.82 Å². The van der Waals surface area contributed by atoms with Crippen molar-refractivity contribution in [1.82, 2.24) is 4.57 Å². The van der Waals surface area contributed by atoms with Gasteiger partial charge in [0.2, 0.25) is 5.43 Å². The molecule has 35 heavy (non-hydrogen) atoms. The van der Waals surface area contributed by atoms with Crippen LogP contribution in [0.2, 0.25) is 0 Å². The number of rotatable bonds is 2. The fourth-order valence-electron chi connectivity index (χ4n) is 6.44. The highest BCUT2D eigenvalue weighted by molar-refractivity contribution is 5.88. The zero-order chi connectivity index (χ0) is 24.9. The molecule has 1 aromatic carbocycles. The van der Waals surface area contributed by atoms with Gasteiger partial charge in [-0.2, -0.15) is 0 Å². The smallest absolute Gasteiger partial charge is 0.341 e. The molecule has 1 saturated carbocycles. The number of hydrogen-bond acceptors (Lipinski definition) is 3. The summed E-state index contributed by atoms with van der Waals surface area (Å²) in [5.74, 6) is -1.01. The van der Waals surface area contributed by atoms with E-state index in [1.165, 1.54) is 44.7 Å². The molecule has 1 N–H and O–H groups in total. The van der Waals surface area contributed by atoms with Gasteiger partial charge in [-0.1, -0.05) is 59.3 Å². The van der Waals surface area contributed by atoms with Gasteiger partial charge in [0.1, 0.15) is 11.3 Å². The second-order valence-electron chi connectivity index (χ2n) is 11.6.